The van der Waals surface area contributed by atoms with Crippen LogP contribution in [0.3, 0.4) is 0 Å². The van der Waals surface area contributed by atoms with Crippen LogP contribution in [-0.2, 0) is 0 Å². The first kappa shape index (κ1) is 13.4. The van der Waals surface area contributed by atoms with E-state index >= 15 is 0 Å². The number of phenolic OH excluding ortho intramolecular Hbond substituents is 2. The molecule has 19 heavy (non-hydrogen) atoms. The van der Waals surface area contributed by atoms with Crippen LogP contribution >= 0.6 is 11.6 Å². The average molecular weight is 276 g/mol. The molecule has 2 N–H and O–H groups in total. The van der Waals surface area contributed by atoms with E-state index in [1.165, 1.54) is 12.3 Å². The quantitative estimate of drug-likeness (QED) is 0.810. The molecule has 0 amide bonds. The lowest BCUT2D eigenvalue weighted by molar-refractivity contribution is 0.472. The van der Waals surface area contributed by atoms with Crippen molar-refractivity contribution in [3.63, 3.8) is 0 Å². The Morgan fingerprint density at radius 3 is 2.58 bits per heavy atom. The summed E-state index contributed by atoms with van der Waals surface area (Å²) in [4.78, 5) is 4.21. The largest absolute Gasteiger partial charge is 0.507 e. The fourth-order valence-corrected chi connectivity index (χ4v) is 1.98. The summed E-state index contributed by atoms with van der Waals surface area (Å²) >= 11 is 5.86. The average Bonchev–Trinajstić information content (AvgIpc) is 2.35. The molecule has 0 saturated carbocycles. The Morgan fingerprint density at radius 1 is 1.11 bits per heavy atom. The Balaban J connectivity index is 2.40. The van der Waals surface area contributed by atoms with Gasteiger partial charge in [-0.3, -0.25) is 4.99 Å². The second-order valence-corrected chi connectivity index (χ2v) is 4.85. The van der Waals surface area contributed by atoms with Gasteiger partial charge in [-0.2, -0.15) is 0 Å². The molecule has 2 rings (SSSR count). The number of aromatic hydroxyl groups is 2. The summed E-state index contributed by atoms with van der Waals surface area (Å²) in [5, 5.41) is 20.1. The van der Waals surface area contributed by atoms with Gasteiger partial charge >= 0.3 is 0 Å². The van der Waals surface area contributed by atoms with Crippen molar-refractivity contribution in [3.05, 3.63) is 52.0 Å². The summed E-state index contributed by atoms with van der Waals surface area (Å²) in [6.07, 6.45) is 1.48. The normalized spacial score (nSPS) is 11.1. The van der Waals surface area contributed by atoms with Gasteiger partial charge in [0.05, 0.1) is 0 Å². The molecule has 3 nitrogen and oxygen atoms in total. The van der Waals surface area contributed by atoms with Crippen LogP contribution in [0.2, 0.25) is 5.02 Å². The molecule has 4 heteroatoms. The van der Waals surface area contributed by atoms with Gasteiger partial charge in [-0.05, 0) is 49.2 Å². The smallest absolute Gasteiger partial charge is 0.144 e. The van der Waals surface area contributed by atoms with E-state index in [1.54, 1.807) is 18.2 Å². The number of hydrogen-bond donors (Lipinski definition) is 2. The highest BCUT2D eigenvalue weighted by molar-refractivity contribution is 6.30. The van der Waals surface area contributed by atoms with E-state index < -0.39 is 0 Å². The van der Waals surface area contributed by atoms with Gasteiger partial charge in [-0.15, -0.1) is 0 Å². The number of benzene rings is 2. The highest BCUT2D eigenvalue weighted by Crippen LogP contribution is 2.31. The topological polar surface area (TPSA) is 52.8 Å². The minimum Gasteiger partial charge on any atom is -0.507 e. The van der Waals surface area contributed by atoms with Gasteiger partial charge in [0.25, 0.3) is 0 Å². The standard InChI is InChI=1S/C15H14ClNO2/c1-9-5-10(2)15(19)13(6-9)17-8-11-7-12(16)3-4-14(11)18/h3-8,18-19H,1-2H3. The number of aryl methyl sites for hydroxylation is 2. The lowest BCUT2D eigenvalue weighted by Crippen LogP contribution is -1.84. The summed E-state index contributed by atoms with van der Waals surface area (Å²) in [5.74, 6) is 0.236. The fourth-order valence-electron chi connectivity index (χ4n) is 1.80. The van der Waals surface area contributed by atoms with Crippen LogP contribution in [-0.4, -0.2) is 16.4 Å². The maximum Gasteiger partial charge on any atom is 0.144 e. The number of hydrogen-bond acceptors (Lipinski definition) is 3. The van der Waals surface area contributed by atoms with Crippen molar-refractivity contribution >= 4 is 23.5 Å². The van der Waals surface area contributed by atoms with E-state index in [2.05, 4.69) is 4.99 Å². The van der Waals surface area contributed by atoms with Gasteiger partial charge in [0, 0.05) is 16.8 Å². The SMILES string of the molecule is Cc1cc(C)c(O)c(N=Cc2cc(Cl)ccc2O)c1. The van der Waals surface area contributed by atoms with Gasteiger partial charge in [-0.1, -0.05) is 17.7 Å². The molecule has 0 atom stereocenters. The predicted molar refractivity (Wildman–Crippen MR) is 78.0 cm³/mol. The molecule has 0 spiro atoms. The summed E-state index contributed by atoms with van der Waals surface area (Å²) in [6.45, 7) is 3.75. The molecule has 2 aromatic carbocycles. The van der Waals surface area contributed by atoms with E-state index in [0.29, 0.717) is 16.3 Å². The van der Waals surface area contributed by atoms with Crippen molar-refractivity contribution in [2.75, 3.05) is 0 Å². The lowest BCUT2D eigenvalue weighted by Gasteiger charge is -2.05. The molecular formula is C15H14ClNO2. The first-order valence-corrected chi connectivity index (χ1v) is 6.18. The van der Waals surface area contributed by atoms with Crippen LogP contribution in [0.25, 0.3) is 0 Å². The zero-order chi connectivity index (χ0) is 14.0. The van der Waals surface area contributed by atoms with Gasteiger partial charge in [0.15, 0.2) is 0 Å². The van der Waals surface area contributed by atoms with E-state index in [4.69, 9.17) is 11.6 Å². The Morgan fingerprint density at radius 2 is 1.84 bits per heavy atom. The zero-order valence-electron chi connectivity index (χ0n) is 10.7. The molecule has 2 aromatic rings. The molecule has 0 aliphatic carbocycles. The minimum absolute atomic E-state index is 0.0945. The third kappa shape index (κ3) is 3.06. The minimum atomic E-state index is 0.0945. The lowest BCUT2D eigenvalue weighted by atomic mass is 10.1. The molecule has 0 fully saturated rings. The molecule has 0 aromatic heterocycles. The second kappa shape index (κ2) is 5.33. The number of aliphatic imine (C=N–C) groups is 1. The Hall–Kier alpha value is -2.00. The second-order valence-electron chi connectivity index (χ2n) is 4.41. The number of nitrogens with zero attached hydrogens (tertiary/aromatic N) is 1. The monoisotopic (exact) mass is 275 g/mol. The highest BCUT2D eigenvalue weighted by Gasteiger charge is 2.04. The van der Waals surface area contributed by atoms with E-state index in [1.807, 2.05) is 19.9 Å². The zero-order valence-corrected chi connectivity index (χ0v) is 11.4. The van der Waals surface area contributed by atoms with Crippen molar-refractivity contribution in [3.8, 4) is 11.5 Å². The van der Waals surface area contributed by atoms with Gasteiger partial charge in [0.2, 0.25) is 0 Å². The van der Waals surface area contributed by atoms with Crippen LogP contribution in [0, 0.1) is 13.8 Å². The predicted octanol–water partition coefficient (Wildman–Crippen LogP) is 4.12. The van der Waals surface area contributed by atoms with Crippen LogP contribution in [0.1, 0.15) is 16.7 Å². The Labute approximate surface area is 116 Å². The third-order valence-corrected chi connectivity index (χ3v) is 2.99. The fraction of sp³-hybridized carbons (Fsp3) is 0.133. The van der Waals surface area contributed by atoms with Crippen LogP contribution < -0.4 is 0 Å². The van der Waals surface area contributed by atoms with E-state index in [0.717, 1.165) is 11.1 Å². The van der Waals surface area contributed by atoms with Gasteiger partial charge in [0.1, 0.15) is 17.2 Å². The molecule has 0 radical (unpaired) electrons. The van der Waals surface area contributed by atoms with Crippen molar-refractivity contribution in [2.45, 2.75) is 13.8 Å². The first-order chi connectivity index (χ1) is 8.97. The maximum atomic E-state index is 9.92. The Kier molecular flexibility index (Phi) is 3.76. The molecule has 98 valence electrons. The molecule has 0 bridgehead atoms. The third-order valence-electron chi connectivity index (χ3n) is 2.76. The molecule has 0 aliphatic heterocycles. The maximum absolute atomic E-state index is 9.92. The van der Waals surface area contributed by atoms with E-state index in [9.17, 15) is 10.2 Å². The highest BCUT2D eigenvalue weighted by atomic mass is 35.5. The van der Waals surface area contributed by atoms with Crippen molar-refractivity contribution in [2.24, 2.45) is 4.99 Å². The van der Waals surface area contributed by atoms with Crippen molar-refractivity contribution in [1.82, 2.24) is 0 Å². The van der Waals surface area contributed by atoms with Crippen molar-refractivity contribution in [1.29, 1.82) is 0 Å². The van der Waals surface area contributed by atoms with Gasteiger partial charge < -0.3 is 10.2 Å². The molecule has 0 heterocycles. The number of rotatable bonds is 2. The summed E-state index contributed by atoms with van der Waals surface area (Å²) in [6, 6.07) is 8.37. The number of phenols is 2. The Bertz CT molecular complexity index is 651. The van der Waals surface area contributed by atoms with Crippen LogP contribution in [0.15, 0.2) is 35.3 Å². The summed E-state index contributed by atoms with van der Waals surface area (Å²) in [5.41, 5.74) is 2.75. The van der Waals surface area contributed by atoms with Gasteiger partial charge in [-0.25, -0.2) is 0 Å². The van der Waals surface area contributed by atoms with Crippen LogP contribution in [0.4, 0.5) is 5.69 Å². The molecular weight excluding hydrogens is 262 g/mol. The molecule has 0 unspecified atom stereocenters. The molecule has 0 saturated heterocycles. The first-order valence-electron chi connectivity index (χ1n) is 5.80. The van der Waals surface area contributed by atoms with E-state index in [-0.39, 0.29) is 11.5 Å². The molecule has 0 aliphatic rings. The van der Waals surface area contributed by atoms with Crippen LogP contribution in [0.5, 0.6) is 11.5 Å². The summed E-state index contributed by atoms with van der Waals surface area (Å²) in [7, 11) is 0. The van der Waals surface area contributed by atoms with Crippen molar-refractivity contribution < 1.29 is 10.2 Å². The summed E-state index contributed by atoms with van der Waals surface area (Å²) < 4.78 is 0. The number of halogens is 1.